The van der Waals surface area contributed by atoms with E-state index in [1.54, 1.807) is 13.8 Å². The van der Waals surface area contributed by atoms with Crippen molar-refractivity contribution in [3.8, 4) is 12.3 Å². The third-order valence-corrected chi connectivity index (χ3v) is 1.67. The molecule has 0 aromatic rings. The van der Waals surface area contributed by atoms with Gasteiger partial charge in [0, 0.05) is 6.42 Å². The number of alkyl halides is 3. The van der Waals surface area contributed by atoms with Crippen molar-refractivity contribution in [1.29, 1.82) is 0 Å². The molecule has 0 fully saturated rings. The van der Waals surface area contributed by atoms with Gasteiger partial charge >= 0.3 is 6.18 Å². The van der Waals surface area contributed by atoms with E-state index in [1.807, 2.05) is 5.92 Å². The van der Waals surface area contributed by atoms with Gasteiger partial charge in [0.2, 0.25) is 0 Å². The van der Waals surface area contributed by atoms with Crippen LogP contribution in [0.1, 0.15) is 26.7 Å². The largest absolute Gasteiger partial charge is 0.418 e. The molecule has 0 heterocycles. The summed E-state index contributed by atoms with van der Waals surface area (Å²) in [5.41, 5.74) is -2.73. The van der Waals surface area contributed by atoms with Crippen LogP contribution >= 0.6 is 0 Å². The van der Waals surface area contributed by atoms with E-state index in [2.05, 4.69) is 0 Å². The number of halogens is 3. The first-order valence-corrected chi connectivity index (χ1v) is 3.95. The molecule has 0 saturated heterocycles. The van der Waals surface area contributed by atoms with Crippen molar-refractivity contribution in [2.75, 3.05) is 0 Å². The molecule has 1 N–H and O–H groups in total. The lowest BCUT2D eigenvalue weighted by atomic mass is 9.89. The molecular formula is C9H13F3O. The van der Waals surface area contributed by atoms with Crippen LogP contribution in [0.5, 0.6) is 0 Å². The second-order valence-electron chi connectivity index (χ2n) is 3.51. The minimum Gasteiger partial charge on any atom is -0.380 e. The average molecular weight is 194 g/mol. The second-order valence-corrected chi connectivity index (χ2v) is 3.51. The fourth-order valence-electron chi connectivity index (χ4n) is 1.13. The van der Waals surface area contributed by atoms with Crippen LogP contribution in [0.4, 0.5) is 13.2 Å². The molecule has 0 rings (SSSR count). The van der Waals surface area contributed by atoms with Crippen LogP contribution in [0.25, 0.3) is 0 Å². The van der Waals surface area contributed by atoms with Crippen LogP contribution in [0.3, 0.4) is 0 Å². The van der Waals surface area contributed by atoms with E-state index in [-0.39, 0.29) is 12.3 Å². The Morgan fingerprint density at radius 1 is 1.38 bits per heavy atom. The monoisotopic (exact) mass is 194 g/mol. The molecule has 0 aliphatic carbocycles. The van der Waals surface area contributed by atoms with Gasteiger partial charge in [0.25, 0.3) is 0 Å². The van der Waals surface area contributed by atoms with Crippen molar-refractivity contribution in [3.63, 3.8) is 0 Å². The third-order valence-electron chi connectivity index (χ3n) is 1.67. The highest BCUT2D eigenvalue weighted by atomic mass is 19.4. The van der Waals surface area contributed by atoms with E-state index < -0.39 is 18.2 Å². The van der Waals surface area contributed by atoms with Crippen LogP contribution in [0.15, 0.2) is 0 Å². The van der Waals surface area contributed by atoms with Gasteiger partial charge in [0.15, 0.2) is 5.60 Å². The molecule has 0 radical (unpaired) electrons. The number of hydrogen-bond donors (Lipinski definition) is 1. The normalized spacial score (nSPS) is 16.8. The summed E-state index contributed by atoms with van der Waals surface area (Å²) in [4.78, 5) is 0. The maximum absolute atomic E-state index is 12.3. The Labute approximate surface area is 75.9 Å². The van der Waals surface area contributed by atoms with Crippen LogP contribution in [0.2, 0.25) is 0 Å². The van der Waals surface area contributed by atoms with Crippen LogP contribution in [0, 0.1) is 18.3 Å². The SMILES string of the molecule is C#CC[C@](O)(CC(C)C)C(F)(F)F. The summed E-state index contributed by atoms with van der Waals surface area (Å²) in [6.45, 7) is 3.21. The Kier molecular flexibility index (Phi) is 3.80. The first kappa shape index (κ1) is 12.3. The molecule has 1 nitrogen and oxygen atoms in total. The van der Waals surface area contributed by atoms with Gasteiger partial charge < -0.3 is 5.11 Å². The number of hydrogen-bond acceptors (Lipinski definition) is 1. The van der Waals surface area contributed by atoms with Gasteiger partial charge in [-0.2, -0.15) is 13.2 Å². The molecule has 4 heteroatoms. The minimum atomic E-state index is -4.65. The predicted molar refractivity (Wildman–Crippen MR) is 43.9 cm³/mol. The summed E-state index contributed by atoms with van der Waals surface area (Å²) < 4.78 is 36.9. The maximum Gasteiger partial charge on any atom is 0.418 e. The molecule has 0 aromatic carbocycles. The van der Waals surface area contributed by atoms with Crippen molar-refractivity contribution in [1.82, 2.24) is 0 Å². The molecule has 0 aromatic heterocycles. The van der Waals surface area contributed by atoms with Gasteiger partial charge in [-0.1, -0.05) is 13.8 Å². The van der Waals surface area contributed by atoms with Gasteiger partial charge in [-0.25, -0.2) is 0 Å². The van der Waals surface area contributed by atoms with Gasteiger partial charge in [0.1, 0.15) is 0 Å². The first-order chi connectivity index (χ1) is 5.73. The summed E-state index contributed by atoms with van der Waals surface area (Å²) in [6, 6.07) is 0. The van der Waals surface area contributed by atoms with Crippen LogP contribution in [-0.4, -0.2) is 16.9 Å². The van der Waals surface area contributed by atoms with Crippen molar-refractivity contribution >= 4 is 0 Å². The third kappa shape index (κ3) is 3.27. The fourth-order valence-corrected chi connectivity index (χ4v) is 1.13. The zero-order valence-corrected chi connectivity index (χ0v) is 7.65. The summed E-state index contributed by atoms with van der Waals surface area (Å²) in [7, 11) is 0. The lowest BCUT2D eigenvalue weighted by Gasteiger charge is -2.30. The van der Waals surface area contributed by atoms with Crippen molar-refractivity contribution in [2.45, 2.75) is 38.5 Å². The molecule has 0 bridgehead atoms. The van der Waals surface area contributed by atoms with Crippen molar-refractivity contribution in [3.05, 3.63) is 0 Å². The zero-order valence-electron chi connectivity index (χ0n) is 7.65. The topological polar surface area (TPSA) is 20.2 Å². The molecule has 0 aliphatic heterocycles. The van der Waals surface area contributed by atoms with E-state index in [4.69, 9.17) is 6.42 Å². The van der Waals surface area contributed by atoms with Gasteiger partial charge in [-0.3, -0.25) is 0 Å². The van der Waals surface area contributed by atoms with Crippen molar-refractivity contribution < 1.29 is 18.3 Å². The van der Waals surface area contributed by atoms with Gasteiger partial charge in [-0.05, 0) is 12.3 Å². The first-order valence-electron chi connectivity index (χ1n) is 3.95. The molecule has 0 amide bonds. The quantitative estimate of drug-likeness (QED) is 0.684. The fraction of sp³-hybridized carbons (Fsp3) is 0.778. The molecule has 0 saturated carbocycles. The van der Waals surface area contributed by atoms with Crippen LogP contribution < -0.4 is 0 Å². The Morgan fingerprint density at radius 2 is 1.85 bits per heavy atom. The maximum atomic E-state index is 12.3. The second kappa shape index (κ2) is 4.01. The smallest absolute Gasteiger partial charge is 0.380 e. The Balaban J connectivity index is 4.65. The Hall–Kier alpha value is -0.690. The summed E-state index contributed by atoms with van der Waals surface area (Å²) in [5.74, 6) is 1.60. The van der Waals surface area contributed by atoms with E-state index in [1.165, 1.54) is 0 Å². The predicted octanol–water partition coefficient (Wildman–Crippen LogP) is 2.35. The van der Waals surface area contributed by atoms with Crippen molar-refractivity contribution in [2.24, 2.45) is 5.92 Å². The lowest BCUT2D eigenvalue weighted by molar-refractivity contribution is -0.263. The average Bonchev–Trinajstić information content (AvgIpc) is 1.82. The molecule has 0 unspecified atom stereocenters. The van der Waals surface area contributed by atoms with Gasteiger partial charge in [-0.15, -0.1) is 12.3 Å². The zero-order chi connectivity index (χ0) is 10.7. The summed E-state index contributed by atoms with van der Waals surface area (Å²) >= 11 is 0. The molecule has 0 aliphatic rings. The Bertz CT molecular complexity index is 202. The molecule has 1 atom stereocenters. The van der Waals surface area contributed by atoms with E-state index in [0.29, 0.717) is 0 Å². The standard InChI is InChI=1S/C9H13F3O/c1-4-5-8(13,6-7(2)3)9(10,11)12/h1,7,13H,5-6H2,2-3H3/t8-/m0/s1. The number of terminal acetylenes is 1. The van der Waals surface area contributed by atoms with Gasteiger partial charge in [0.05, 0.1) is 0 Å². The highest BCUT2D eigenvalue weighted by molar-refractivity contribution is 4.99. The number of rotatable bonds is 3. The number of aliphatic hydroxyl groups is 1. The molecular weight excluding hydrogens is 181 g/mol. The van der Waals surface area contributed by atoms with Crippen LogP contribution in [-0.2, 0) is 0 Å². The molecule has 13 heavy (non-hydrogen) atoms. The summed E-state index contributed by atoms with van der Waals surface area (Å²) in [5, 5.41) is 9.25. The van der Waals surface area contributed by atoms with E-state index in [0.717, 1.165) is 0 Å². The highest BCUT2D eigenvalue weighted by Crippen LogP contribution is 2.37. The summed E-state index contributed by atoms with van der Waals surface area (Å²) in [6.07, 6.45) is -0.918. The molecule has 0 spiro atoms. The lowest BCUT2D eigenvalue weighted by Crippen LogP contribution is -2.45. The molecule has 76 valence electrons. The van der Waals surface area contributed by atoms with E-state index in [9.17, 15) is 18.3 Å². The van der Waals surface area contributed by atoms with E-state index >= 15 is 0 Å². The highest BCUT2D eigenvalue weighted by Gasteiger charge is 2.52. The Morgan fingerprint density at radius 3 is 2.08 bits per heavy atom. The minimum absolute atomic E-state index is 0.250.